The number of amides is 1. The van der Waals surface area contributed by atoms with Crippen LogP contribution in [-0.4, -0.2) is 68.7 Å². The molecule has 0 radical (unpaired) electrons. The quantitative estimate of drug-likeness (QED) is 0.712. The summed E-state index contributed by atoms with van der Waals surface area (Å²) in [5.74, 6) is 0.843. The average Bonchev–Trinajstić information content (AvgIpc) is 3.14. The Morgan fingerprint density at radius 2 is 1.70 bits per heavy atom. The predicted molar refractivity (Wildman–Crippen MR) is 103 cm³/mol. The maximum Gasteiger partial charge on any atom is 0.253 e. The van der Waals surface area contributed by atoms with E-state index < -0.39 is 0 Å². The second kappa shape index (κ2) is 7.28. The van der Waals surface area contributed by atoms with Crippen LogP contribution in [0.3, 0.4) is 0 Å². The van der Waals surface area contributed by atoms with Crippen molar-refractivity contribution in [3.05, 3.63) is 54.4 Å². The number of likely N-dealkylation sites (N-methyl/N-ethyl adjacent to an activating group) is 1. The highest BCUT2D eigenvalue weighted by Gasteiger charge is 2.20. The van der Waals surface area contributed by atoms with Crippen molar-refractivity contribution in [3.63, 3.8) is 0 Å². The molecule has 4 rings (SSSR count). The van der Waals surface area contributed by atoms with E-state index in [2.05, 4.69) is 27.1 Å². The molecule has 1 aromatic carbocycles. The molecule has 0 spiro atoms. The average molecular weight is 362 g/mol. The number of piperazine rings is 1. The van der Waals surface area contributed by atoms with Crippen LogP contribution in [0.25, 0.3) is 22.8 Å². The Kier molecular flexibility index (Phi) is 4.68. The van der Waals surface area contributed by atoms with Gasteiger partial charge in [0.15, 0.2) is 5.82 Å². The fourth-order valence-corrected chi connectivity index (χ4v) is 3.22. The van der Waals surface area contributed by atoms with Crippen molar-refractivity contribution in [1.82, 2.24) is 29.5 Å². The van der Waals surface area contributed by atoms with Crippen molar-refractivity contribution < 1.29 is 4.79 Å². The lowest BCUT2D eigenvalue weighted by Gasteiger charge is -2.32. The van der Waals surface area contributed by atoms with Gasteiger partial charge in [-0.1, -0.05) is 12.1 Å². The van der Waals surface area contributed by atoms with Gasteiger partial charge in [-0.05, 0) is 31.3 Å². The first-order valence-electron chi connectivity index (χ1n) is 9.01. The largest absolute Gasteiger partial charge is 0.336 e. The van der Waals surface area contributed by atoms with Crippen molar-refractivity contribution >= 4 is 5.91 Å². The number of imidazole rings is 1. The molecular formula is C20H22N6O. The molecule has 7 heteroatoms. The summed E-state index contributed by atoms with van der Waals surface area (Å²) in [7, 11) is 4.00. The first-order valence-corrected chi connectivity index (χ1v) is 9.01. The van der Waals surface area contributed by atoms with E-state index in [4.69, 9.17) is 0 Å². The first-order chi connectivity index (χ1) is 13.1. The number of aromatic nitrogens is 4. The molecule has 27 heavy (non-hydrogen) atoms. The Morgan fingerprint density at radius 3 is 2.37 bits per heavy atom. The van der Waals surface area contributed by atoms with Crippen LogP contribution in [0.4, 0.5) is 0 Å². The molecule has 3 aromatic rings. The van der Waals surface area contributed by atoms with Crippen LogP contribution in [0.2, 0.25) is 0 Å². The van der Waals surface area contributed by atoms with Gasteiger partial charge in [-0.2, -0.15) is 0 Å². The molecule has 0 saturated carbocycles. The fourth-order valence-electron chi connectivity index (χ4n) is 3.22. The molecule has 7 nitrogen and oxygen atoms in total. The summed E-state index contributed by atoms with van der Waals surface area (Å²) in [6.07, 6.45) is 3.61. The second-order valence-corrected chi connectivity index (χ2v) is 6.84. The molecule has 1 aliphatic rings. The number of hydrogen-bond donors (Lipinski definition) is 0. The van der Waals surface area contributed by atoms with Gasteiger partial charge in [0, 0.05) is 56.7 Å². The van der Waals surface area contributed by atoms with Crippen LogP contribution < -0.4 is 0 Å². The van der Waals surface area contributed by atoms with Gasteiger partial charge in [-0.15, -0.1) is 10.2 Å². The summed E-state index contributed by atoms with van der Waals surface area (Å²) in [4.78, 5) is 21.2. The van der Waals surface area contributed by atoms with Gasteiger partial charge in [-0.3, -0.25) is 4.79 Å². The van der Waals surface area contributed by atoms with Gasteiger partial charge in [0.1, 0.15) is 5.69 Å². The SMILES string of the molecule is CN1CCN(C(=O)c2cccc(-c3ccc(-c4nccn4C)nn3)c2)CC1. The molecule has 0 bridgehead atoms. The van der Waals surface area contributed by atoms with E-state index in [1.54, 1.807) is 6.20 Å². The highest BCUT2D eigenvalue weighted by molar-refractivity contribution is 5.95. The normalized spacial score (nSPS) is 15.1. The number of carbonyl (C=O) groups excluding carboxylic acids is 1. The molecule has 0 aliphatic carbocycles. The lowest BCUT2D eigenvalue weighted by Crippen LogP contribution is -2.47. The van der Waals surface area contributed by atoms with Crippen molar-refractivity contribution in [2.75, 3.05) is 33.2 Å². The van der Waals surface area contributed by atoms with Crippen LogP contribution in [0.1, 0.15) is 10.4 Å². The highest BCUT2D eigenvalue weighted by Crippen LogP contribution is 2.21. The maximum absolute atomic E-state index is 12.8. The lowest BCUT2D eigenvalue weighted by molar-refractivity contribution is 0.0664. The van der Waals surface area contributed by atoms with Crippen molar-refractivity contribution in [2.24, 2.45) is 7.05 Å². The molecule has 138 valence electrons. The smallest absolute Gasteiger partial charge is 0.253 e. The van der Waals surface area contributed by atoms with Crippen LogP contribution in [0.5, 0.6) is 0 Å². The minimum Gasteiger partial charge on any atom is -0.336 e. The Hall–Kier alpha value is -3.06. The monoisotopic (exact) mass is 362 g/mol. The van der Waals surface area contributed by atoms with Crippen LogP contribution in [0, 0.1) is 0 Å². The van der Waals surface area contributed by atoms with Gasteiger partial charge in [0.05, 0.1) is 5.69 Å². The number of nitrogens with zero attached hydrogens (tertiary/aromatic N) is 6. The summed E-state index contributed by atoms with van der Waals surface area (Å²) in [5, 5.41) is 8.63. The van der Waals surface area contributed by atoms with Gasteiger partial charge in [0.25, 0.3) is 5.91 Å². The second-order valence-electron chi connectivity index (χ2n) is 6.84. The Balaban J connectivity index is 1.55. The number of rotatable bonds is 3. The highest BCUT2D eigenvalue weighted by atomic mass is 16.2. The summed E-state index contributed by atoms with van der Waals surface area (Å²) in [5.41, 5.74) is 3.03. The fraction of sp³-hybridized carbons (Fsp3) is 0.300. The summed E-state index contributed by atoms with van der Waals surface area (Å²) in [6.45, 7) is 3.34. The summed E-state index contributed by atoms with van der Waals surface area (Å²) >= 11 is 0. The van der Waals surface area contributed by atoms with E-state index >= 15 is 0 Å². The Morgan fingerprint density at radius 1 is 0.963 bits per heavy atom. The van der Waals surface area contributed by atoms with E-state index in [1.165, 1.54) is 0 Å². The number of benzene rings is 1. The predicted octanol–water partition coefficient (Wildman–Crippen LogP) is 1.93. The molecule has 0 atom stereocenters. The summed E-state index contributed by atoms with van der Waals surface area (Å²) in [6, 6.07) is 11.4. The topological polar surface area (TPSA) is 67.2 Å². The van der Waals surface area contributed by atoms with Crippen LogP contribution >= 0.6 is 0 Å². The Labute approximate surface area is 158 Å². The van der Waals surface area contributed by atoms with Crippen molar-refractivity contribution in [1.29, 1.82) is 0 Å². The molecule has 0 N–H and O–H groups in total. The zero-order valence-electron chi connectivity index (χ0n) is 15.5. The molecule has 0 unspecified atom stereocenters. The molecule has 1 fully saturated rings. The lowest BCUT2D eigenvalue weighted by atomic mass is 10.1. The third-order valence-electron chi connectivity index (χ3n) is 4.91. The summed E-state index contributed by atoms with van der Waals surface area (Å²) < 4.78 is 1.90. The minimum absolute atomic E-state index is 0.0718. The number of carbonyl (C=O) groups is 1. The third kappa shape index (κ3) is 3.59. The van der Waals surface area contributed by atoms with Crippen LogP contribution in [-0.2, 0) is 7.05 Å². The van der Waals surface area contributed by atoms with E-state index in [0.717, 1.165) is 49.0 Å². The molecule has 2 aromatic heterocycles. The Bertz CT molecular complexity index is 941. The third-order valence-corrected chi connectivity index (χ3v) is 4.91. The van der Waals surface area contributed by atoms with E-state index in [9.17, 15) is 4.79 Å². The van der Waals surface area contributed by atoms with Gasteiger partial charge in [0.2, 0.25) is 0 Å². The first kappa shape index (κ1) is 17.4. The maximum atomic E-state index is 12.8. The molecule has 1 aliphatic heterocycles. The standard InChI is InChI=1S/C20H22N6O/c1-24-10-12-26(13-11-24)20(27)16-5-3-4-15(14-16)17-6-7-18(23-22-17)19-21-8-9-25(19)2/h3-9,14H,10-13H2,1-2H3. The minimum atomic E-state index is 0.0718. The molecule has 1 amide bonds. The van der Waals surface area contributed by atoms with E-state index in [1.807, 2.05) is 59.1 Å². The molecular weight excluding hydrogens is 340 g/mol. The van der Waals surface area contributed by atoms with Crippen molar-refractivity contribution in [2.45, 2.75) is 0 Å². The van der Waals surface area contributed by atoms with Crippen molar-refractivity contribution in [3.8, 4) is 22.8 Å². The van der Waals surface area contributed by atoms with Gasteiger partial charge in [-0.25, -0.2) is 4.98 Å². The van der Waals surface area contributed by atoms with Crippen LogP contribution in [0.15, 0.2) is 48.8 Å². The molecule has 3 heterocycles. The molecule has 1 saturated heterocycles. The zero-order chi connectivity index (χ0) is 18.8. The van der Waals surface area contributed by atoms with E-state index in [-0.39, 0.29) is 5.91 Å². The number of aryl methyl sites for hydroxylation is 1. The van der Waals surface area contributed by atoms with Gasteiger partial charge < -0.3 is 14.4 Å². The number of hydrogen-bond acceptors (Lipinski definition) is 5. The van der Waals surface area contributed by atoms with E-state index in [0.29, 0.717) is 5.56 Å². The van der Waals surface area contributed by atoms with Gasteiger partial charge >= 0.3 is 0 Å². The zero-order valence-corrected chi connectivity index (χ0v) is 15.5.